The van der Waals surface area contributed by atoms with Crippen molar-refractivity contribution < 1.29 is 9.90 Å². The second kappa shape index (κ2) is 5.67. The van der Waals surface area contributed by atoms with Gasteiger partial charge in [0.1, 0.15) is 6.04 Å². The molecule has 1 atom stereocenters. The molecule has 1 fully saturated rings. The maximum atomic E-state index is 10.8. The largest absolute Gasteiger partial charge is 0.480 e. The summed E-state index contributed by atoms with van der Waals surface area (Å²) in [5, 5.41) is 9.85. The number of rotatable bonds is 4. The van der Waals surface area contributed by atoms with Crippen molar-refractivity contribution in [2.24, 2.45) is 5.73 Å². The normalized spacial score (nSPS) is 17.8. The highest BCUT2D eigenvalue weighted by atomic mass is 32.1. The SMILES string of the molecule is Cc1nc(N2CCCCC2)sc1CC(N)C(=O)O. The summed E-state index contributed by atoms with van der Waals surface area (Å²) in [7, 11) is 0. The van der Waals surface area contributed by atoms with E-state index in [0.717, 1.165) is 28.8 Å². The van der Waals surface area contributed by atoms with Crippen LogP contribution in [0.25, 0.3) is 0 Å². The molecule has 2 heterocycles. The molecule has 5 nitrogen and oxygen atoms in total. The van der Waals surface area contributed by atoms with Crippen molar-refractivity contribution >= 4 is 22.4 Å². The maximum Gasteiger partial charge on any atom is 0.320 e. The van der Waals surface area contributed by atoms with E-state index in [0.29, 0.717) is 6.42 Å². The van der Waals surface area contributed by atoms with Gasteiger partial charge >= 0.3 is 5.97 Å². The van der Waals surface area contributed by atoms with Crippen LogP contribution in [0.5, 0.6) is 0 Å². The van der Waals surface area contributed by atoms with Crippen LogP contribution in [0.4, 0.5) is 5.13 Å². The molecule has 3 N–H and O–H groups in total. The Bertz CT molecular complexity index is 427. The molecule has 0 radical (unpaired) electrons. The standard InChI is InChI=1S/C12H19N3O2S/c1-8-10(7-9(13)11(16)17)18-12(14-8)15-5-3-2-4-6-15/h9H,2-7,13H2,1H3,(H,16,17). The second-order valence-electron chi connectivity index (χ2n) is 4.70. The molecular formula is C12H19N3O2S. The van der Waals surface area contributed by atoms with Gasteiger partial charge in [0.25, 0.3) is 0 Å². The van der Waals surface area contributed by atoms with E-state index in [2.05, 4.69) is 9.88 Å². The van der Waals surface area contributed by atoms with Gasteiger partial charge < -0.3 is 15.7 Å². The fourth-order valence-electron chi connectivity index (χ4n) is 2.11. The van der Waals surface area contributed by atoms with Crippen molar-refractivity contribution in [2.45, 2.75) is 38.6 Å². The Morgan fingerprint density at radius 2 is 2.17 bits per heavy atom. The van der Waals surface area contributed by atoms with Crippen LogP contribution < -0.4 is 10.6 Å². The third kappa shape index (κ3) is 3.00. The van der Waals surface area contributed by atoms with Crippen LogP contribution in [0, 0.1) is 6.92 Å². The van der Waals surface area contributed by atoms with Gasteiger partial charge in [0.2, 0.25) is 0 Å². The minimum Gasteiger partial charge on any atom is -0.480 e. The molecule has 0 amide bonds. The number of hydrogen-bond acceptors (Lipinski definition) is 5. The molecule has 0 spiro atoms. The molecule has 1 unspecified atom stereocenters. The summed E-state index contributed by atoms with van der Waals surface area (Å²) < 4.78 is 0. The number of nitrogens with zero attached hydrogens (tertiary/aromatic N) is 2. The minimum absolute atomic E-state index is 0.368. The van der Waals surface area contributed by atoms with Crippen LogP contribution in [0.3, 0.4) is 0 Å². The zero-order chi connectivity index (χ0) is 13.1. The number of anilines is 1. The highest BCUT2D eigenvalue weighted by Gasteiger charge is 2.20. The van der Waals surface area contributed by atoms with E-state index in [1.165, 1.54) is 19.3 Å². The number of carboxylic acids is 1. The first-order valence-electron chi connectivity index (χ1n) is 6.27. The van der Waals surface area contributed by atoms with Crippen LogP contribution in [0.1, 0.15) is 29.8 Å². The Labute approximate surface area is 111 Å². The molecule has 1 saturated heterocycles. The summed E-state index contributed by atoms with van der Waals surface area (Å²) in [6.45, 7) is 4.03. The average Bonchev–Trinajstić information content (AvgIpc) is 2.72. The fraction of sp³-hybridized carbons (Fsp3) is 0.667. The van der Waals surface area contributed by atoms with Gasteiger partial charge in [-0.3, -0.25) is 4.79 Å². The van der Waals surface area contributed by atoms with E-state index in [1.54, 1.807) is 11.3 Å². The Morgan fingerprint density at radius 1 is 1.50 bits per heavy atom. The lowest BCUT2D eigenvalue weighted by molar-refractivity contribution is -0.138. The van der Waals surface area contributed by atoms with E-state index in [1.807, 2.05) is 6.92 Å². The lowest BCUT2D eigenvalue weighted by atomic mass is 10.1. The number of aliphatic carboxylic acids is 1. The molecule has 0 aromatic carbocycles. The molecule has 2 rings (SSSR count). The first-order valence-corrected chi connectivity index (χ1v) is 7.09. The van der Waals surface area contributed by atoms with Crippen molar-refractivity contribution in [3.05, 3.63) is 10.6 Å². The lowest BCUT2D eigenvalue weighted by Crippen LogP contribution is -2.32. The van der Waals surface area contributed by atoms with Crippen LogP contribution in [0.2, 0.25) is 0 Å². The molecule has 0 aliphatic carbocycles. The summed E-state index contributed by atoms with van der Waals surface area (Å²) in [6, 6.07) is -0.835. The van der Waals surface area contributed by atoms with E-state index in [-0.39, 0.29) is 0 Å². The van der Waals surface area contributed by atoms with Gasteiger partial charge in [0.15, 0.2) is 5.13 Å². The maximum absolute atomic E-state index is 10.8. The minimum atomic E-state index is -0.956. The summed E-state index contributed by atoms with van der Waals surface area (Å²) >= 11 is 1.58. The number of thiazole rings is 1. The number of hydrogen-bond donors (Lipinski definition) is 2. The Balaban J connectivity index is 2.08. The van der Waals surface area contributed by atoms with Crippen LogP contribution in [-0.4, -0.2) is 35.2 Å². The van der Waals surface area contributed by atoms with Crippen LogP contribution in [0.15, 0.2) is 0 Å². The van der Waals surface area contributed by atoms with E-state index in [4.69, 9.17) is 10.8 Å². The van der Waals surface area contributed by atoms with E-state index in [9.17, 15) is 4.79 Å². The van der Waals surface area contributed by atoms with Gasteiger partial charge in [-0.05, 0) is 26.2 Å². The average molecular weight is 269 g/mol. The molecule has 0 saturated carbocycles. The Hall–Kier alpha value is -1.14. The number of aryl methyl sites for hydroxylation is 1. The highest BCUT2D eigenvalue weighted by Crippen LogP contribution is 2.28. The van der Waals surface area contributed by atoms with Crippen LogP contribution in [-0.2, 0) is 11.2 Å². The number of carbonyl (C=O) groups is 1. The van der Waals surface area contributed by atoms with E-state index < -0.39 is 12.0 Å². The van der Waals surface area contributed by atoms with Crippen molar-refractivity contribution in [1.82, 2.24) is 4.98 Å². The quantitative estimate of drug-likeness (QED) is 0.863. The van der Waals surface area contributed by atoms with Gasteiger partial charge in [-0.25, -0.2) is 4.98 Å². The summed E-state index contributed by atoms with van der Waals surface area (Å²) in [4.78, 5) is 18.6. The topological polar surface area (TPSA) is 79.5 Å². The summed E-state index contributed by atoms with van der Waals surface area (Å²) in [5.74, 6) is -0.956. The van der Waals surface area contributed by atoms with Gasteiger partial charge in [0, 0.05) is 24.4 Å². The molecule has 1 aliphatic heterocycles. The monoisotopic (exact) mass is 269 g/mol. The Kier molecular flexibility index (Phi) is 4.19. The Morgan fingerprint density at radius 3 is 2.78 bits per heavy atom. The van der Waals surface area contributed by atoms with Gasteiger partial charge in [-0.15, -0.1) is 11.3 Å². The molecule has 6 heteroatoms. The predicted octanol–water partition coefficient (Wildman–Crippen LogP) is 1.40. The lowest BCUT2D eigenvalue weighted by Gasteiger charge is -2.25. The fourth-order valence-corrected chi connectivity index (χ4v) is 3.28. The highest BCUT2D eigenvalue weighted by molar-refractivity contribution is 7.15. The number of aromatic nitrogens is 1. The van der Waals surface area contributed by atoms with Crippen LogP contribution >= 0.6 is 11.3 Å². The smallest absolute Gasteiger partial charge is 0.320 e. The molecule has 0 bridgehead atoms. The molecule has 1 aromatic rings. The van der Waals surface area contributed by atoms with Crippen molar-refractivity contribution in [1.29, 1.82) is 0 Å². The molecular weight excluding hydrogens is 250 g/mol. The van der Waals surface area contributed by atoms with Gasteiger partial charge in [-0.2, -0.15) is 0 Å². The second-order valence-corrected chi connectivity index (χ2v) is 5.76. The molecule has 100 valence electrons. The van der Waals surface area contributed by atoms with Gasteiger partial charge in [0.05, 0.1) is 5.69 Å². The van der Waals surface area contributed by atoms with E-state index >= 15 is 0 Å². The molecule has 18 heavy (non-hydrogen) atoms. The number of carboxylic acid groups (broad SMARTS) is 1. The van der Waals surface area contributed by atoms with Gasteiger partial charge in [-0.1, -0.05) is 0 Å². The number of nitrogens with two attached hydrogens (primary N) is 1. The third-order valence-corrected chi connectivity index (χ3v) is 4.47. The third-order valence-electron chi connectivity index (χ3n) is 3.23. The zero-order valence-corrected chi connectivity index (χ0v) is 11.4. The zero-order valence-electron chi connectivity index (χ0n) is 10.6. The summed E-state index contributed by atoms with van der Waals surface area (Å²) in [6.07, 6.45) is 4.08. The summed E-state index contributed by atoms with van der Waals surface area (Å²) in [5.41, 5.74) is 6.48. The predicted molar refractivity (Wildman–Crippen MR) is 72.2 cm³/mol. The van der Waals surface area contributed by atoms with Crippen molar-refractivity contribution in [3.8, 4) is 0 Å². The molecule has 1 aromatic heterocycles. The number of piperidine rings is 1. The first-order chi connectivity index (χ1) is 8.58. The van der Waals surface area contributed by atoms with Crippen molar-refractivity contribution in [3.63, 3.8) is 0 Å². The molecule has 1 aliphatic rings. The first kappa shape index (κ1) is 13.3. The van der Waals surface area contributed by atoms with Crippen molar-refractivity contribution in [2.75, 3.05) is 18.0 Å².